The molecule has 0 aliphatic heterocycles. The monoisotopic (exact) mass is 387 g/mol. The molecule has 0 bridgehead atoms. The van der Waals surface area contributed by atoms with Crippen molar-refractivity contribution in [2.24, 2.45) is 7.05 Å². The molecule has 0 radical (unpaired) electrons. The van der Waals surface area contributed by atoms with Gasteiger partial charge in [-0.2, -0.15) is 0 Å². The van der Waals surface area contributed by atoms with Crippen molar-refractivity contribution in [2.75, 3.05) is 7.05 Å². The van der Waals surface area contributed by atoms with Crippen molar-refractivity contribution < 1.29 is 4.79 Å². The largest absolute Gasteiger partial charge is 0.335 e. The molecule has 1 unspecified atom stereocenters. The molecule has 1 N–H and O–H groups in total. The van der Waals surface area contributed by atoms with E-state index in [9.17, 15) is 9.59 Å². The van der Waals surface area contributed by atoms with Gasteiger partial charge in [0.25, 0.3) is 11.5 Å². The third kappa shape index (κ3) is 3.30. The molecule has 0 fully saturated rings. The molecule has 1 aromatic heterocycles. The van der Waals surface area contributed by atoms with E-state index in [0.717, 1.165) is 5.56 Å². The van der Waals surface area contributed by atoms with E-state index in [2.05, 4.69) is 4.98 Å². The van der Waals surface area contributed by atoms with E-state index in [-0.39, 0.29) is 17.5 Å². The molecule has 0 saturated heterocycles. The van der Waals surface area contributed by atoms with Crippen LogP contribution in [0.3, 0.4) is 0 Å². The van der Waals surface area contributed by atoms with Gasteiger partial charge in [0.05, 0.1) is 16.9 Å². The lowest BCUT2D eigenvalue weighted by atomic mass is 10.1. The van der Waals surface area contributed by atoms with E-state index in [1.54, 1.807) is 49.3 Å². The summed E-state index contributed by atoms with van der Waals surface area (Å²) < 4.78 is 1.68. The van der Waals surface area contributed by atoms with Gasteiger partial charge in [-0.25, -0.2) is 0 Å². The number of halogens is 1. The number of H-pyrrole nitrogens is 1. The van der Waals surface area contributed by atoms with Gasteiger partial charge in [0.15, 0.2) is 4.77 Å². The second-order valence-electron chi connectivity index (χ2n) is 6.20. The second kappa shape index (κ2) is 7.05. The normalized spacial score (nSPS) is 12.2. The van der Waals surface area contributed by atoms with Gasteiger partial charge >= 0.3 is 0 Å². The minimum absolute atomic E-state index is 0.127. The molecule has 3 rings (SSSR count). The Balaban J connectivity index is 1.96. The summed E-state index contributed by atoms with van der Waals surface area (Å²) in [7, 11) is 3.36. The van der Waals surface area contributed by atoms with Gasteiger partial charge in [0.1, 0.15) is 0 Å². The highest BCUT2D eigenvalue weighted by Gasteiger charge is 2.19. The summed E-state index contributed by atoms with van der Waals surface area (Å²) >= 11 is 11.1. The maximum absolute atomic E-state index is 12.9. The summed E-state index contributed by atoms with van der Waals surface area (Å²) in [5, 5.41) is 1.15. The van der Waals surface area contributed by atoms with Gasteiger partial charge in [0, 0.05) is 24.7 Å². The van der Waals surface area contributed by atoms with Crippen molar-refractivity contribution >= 4 is 40.6 Å². The van der Waals surface area contributed by atoms with Crippen molar-refractivity contribution in [3.63, 3.8) is 0 Å². The Bertz CT molecular complexity index is 1100. The van der Waals surface area contributed by atoms with Crippen molar-refractivity contribution in [3.05, 3.63) is 73.7 Å². The van der Waals surface area contributed by atoms with E-state index in [0.29, 0.717) is 26.3 Å². The third-order valence-corrected chi connectivity index (χ3v) is 5.23. The van der Waals surface area contributed by atoms with Gasteiger partial charge in [-0.1, -0.05) is 23.7 Å². The third-order valence-electron chi connectivity index (χ3n) is 4.60. The fourth-order valence-electron chi connectivity index (χ4n) is 2.78. The fraction of sp³-hybridized carbons (Fsp3) is 0.211. The van der Waals surface area contributed by atoms with Crippen molar-refractivity contribution in [1.29, 1.82) is 0 Å². The predicted molar refractivity (Wildman–Crippen MR) is 106 cm³/mol. The van der Waals surface area contributed by atoms with E-state index in [1.165, 1.54) is 4.57 Å². The summed E-state index contributed by atoms with van der Waals surface area (Å²) in [6.45, 7) is 1.95. The first kappa shape index (κ1) is 18.4. The van der Waals surface area contributed by atoms with Crippen molar-refractivity contribution in [1.82, 2.24) is 14.5 Å². The van der Waals surface area contributed by atoms with Crippen LogP contribution < -0.4 is 5.56 Å². The van der Waals surface area contributed by atoms with Gasteiger partial charge in [-0.3, -0.25) is 14.2 Å². The number of hydrogen-bond donors (Lipinski definition) is 1. The average Bonchev–Trinajstić information content (AvgIpc) is 2.64. The molecule has 1 heterocycles. The number of hydrogen-bond acceptors (Lipinski definition) is 3. The number of aromatic amines is 1. The highest BCUT2D eigenvalue weighted by atomic mass is 35.5. The molecule has 1 amide bonds. The molecule has 0 aliphatic carbocycles. The molecule has 0 spiro atoms. The maximum atomic E-state index is 12.9. The Labute approximate surface area is 160 Å². The molecule has 0 aliphatic rings. The lowest BCUT2D eigenvalue weighted by molar-refractivity contribution is 0.0743. The van der Waals surface area contributed by atoms with Gasteiger partial charge < -0.3 is 9.88 Å². The predicted octanol–water partition coefficient (Wildman–Crippen LogP) is 4.08. The fourth-order valence-corrected chi connectivity index (χ4v) is 3.10. The van der Waals surface area contributed by atoms with Crippen LogP contribution in [0.1, 0.15) is 28.9 Å². The van der Waals surface area contributed by atoms with Gasteiger partial charge in [0.2, 0.25) is 0 Å². The molecule has 134 valence electrons. The van der Waals surface area contributed by atoms with Crippen molar-refractivity contribution in [2.45, 2.75) is 13.0 Å². The zero-order valence-electron chi connectivity index (χ0n) is 14.6. The molecule has 7 heteroatoms. The molecule has 0 saturated carbocycles. The number of nitrogens with zero attached hydrogens (tertiary/aromatic N) is 2. The molecule has 1 atom stereocenters. The topological polar surface area (TPSA) is 58.1 Å². The number of carbonyl (C=O) groups excluding carboxylic acids is 1. The lowest BCUT2D eigenvalue weighted by Gasteiger charge is -2.25. The quantitative estimate of drug-likeness (QED) is 0.689. The highest BCUT2D eigenvalue weighted by Crippen LogP contribution is 2.23. The van der Waals surface area contributed by atoms with Crippen LogP contribution in [0.4, 0.5) is 0 Å². The SMILES string of the molecule is CC(c1ccc(Cl)cc1)N(C)C(=O)c1ccc2c(=O)n(C)c(=S)[nH]c2c1. The van der Waals surface area contributed by atoms with Crippen LogP contribution >= 0.6 is 23.8 Å². The number of rotatable bonds is 3. The first-order chi connectivity index (χ1) is 12.3. The molecular weight excluding hydrogens is 370 g/mol. The number of carbonyl (C=O) groups is 1. The summed E-state index contributed by atoms with van der Waals surface area (Å²) in [6, 6.07) is 12.3. The Kier molecular flexibility index (Phi) is 4.98. The van der Waals surface area contributed by atoms with Crippen LogP contribution in [-0.2, 0) is 7.05 Å². The second-order valence-corrected chi connectivity index (χ2v) is 7.02. The zero-order chi connectivity index (χ0) is 19.0. The van der Waals surface area contributed by atoms with Gasteiger partial charge in [-0.15, -0.1) is 0 Å². The first-order valence-electron chi connectivity index (χ1n) is 8.05. The molecule has 5 nitrogen and oxygen atoms in total. The minimum atomic E-state index is -0.189. The van der Waals surface area contributed by atoms with Crippen LogP contribution in [0.5, 0.6) is 0 Å². The maximum Gasteiger partial charge on any atom is 0.261 e. The number of aromatic nitrogens is 2. The van der Waals surface area contributed by atoms with E-state index < -0.39 is 0 Å². The standard InChI is InChI=1S/C19H18ClN3O2S/c1-11(12-4-7-14(20)8-5-12)22(2)17(24)13-6-9-15-16(10-13)21-19(26)23(3)18(15)25/h4-11H,1-3H3,(H,21,26). The average molecular weight is 388 g/mol. The van der Waals surface area contributed by atoms with Crippen LogP contribution in [0.15, 0.2) is 47.3 Å². The molecule has 26 heavy (non-hydrogen) atoms. The van der Waals surface area contributed by atoms with Crippen molar-refractivity contribution in [3.8, 4) is 0 Å². The Morgan fingerprint density at radius 2 is 1.88 bits per heavy atom. The Morgan fingerprint density at radius 1 is 1.23 bits per heavy atom. The summed E-state index contributed by atoms with van der Waals surface area (Å²) in [4.78, 5) is 29.8. The van der Waals surface area contributed by atoms with Crippen LogP contribution in [0.25, 0.3) is 10.9 Å². The molecular formula is C19H18ClN3O2S. The Morgan fingerprint density at radius 3 is 2.54 bits per heavy atom. The number of fused-ring (bicyclic) bond motifs is 1. The van der Waals surface area contributed by atoms with E-state index in [1.807, 2.05) is 19.1 Å². The number of nitrogens with one attached hydrogen (secondary N) is 1. The number of amides is 1. The summed E-state index contributed by atoms with van der Waals surface area (Å²) in [5.41, 5.74) is 1.83. The molecule has 3 aromatic rings. The van der Waals surface area contributed by atoms with E-state index >= 15 is 0 Å². The first-order valence-corrected chi connectivity index (χ1v) is 8.84. The lowest BCUT2D eigenvalue weighted by Crippen LogP contribution is -2.29. The zero-order valence-corrected chi connectivity index (χ0v) is 16.2. The van der Waals surface area contributed by atoms with E-state index in [4.69, 9.17) is 23.8 Å². The minimum Gasteiger partial charge on any atom is -0.335 e. The highest BCUT2D eigenvalue weighted by molar-refractivity contribution is 7.71. The van der Waals surface area contributed by atoms with Crippen LogP contribution in [-0.4, -0.2) is 27.4 Å². The molecule has 2 aromatic carbocycles. The number of benzene rings is 2. The smallest absolute Gasteiger partial charge is 0.261 e. The summed E-state index contributed by atoms with van der Waals surface area (Å²) in [6.07, 6.45) is 0. The van der Waals surface area contributed by atoms with Crippen LogP contribution in [0, 0.1) is 4.77 Å². The van der Waals surface area contributed by atoms with Gasteiger partial charge in [-0.05, 0) is 55.0 Å². The summed E-state index contributed by atoms with van der Waals surface area (Å²) in [5.74, 6) is -0.144. The Hall–Kier alpha value is -2.44. The van der Waals surface area contributed by atoms with Crippen LogP contribution in [0.2, 0.25) is 5.02 Å².